The Morgan fingerprint density at radius 2 is 2.21 bits per heavy atom. The molecule has 1 N–H and O–H groups in total. The number of aromatic nitrogens is 2. The molecule has 1 aliphatic rings. The summed E-state index contributed by atoms with van der Waals surface area (Å²) in [5.41, 5.74) is 0.104. The molecule has 1 unspecified atom stereocenters. The Bertz CT molecular complexity index is 772. The zero-order chi connectivity index (χ0) is 17.3. The number of aryl methyl sites for hydroxylation is 1. The minimum absolute atomic E-state index is 0.358. The molecule has 1 aromatic carbocycles. The van der Waals surface area contributed by atoms with Crippen LogP contribution >= 0.6 is 0 Å². The number of nitrogens with one attached hydrogen (secondary N) is 1. The van der Waals surface area contributed by atoms with Crippen molar-refractivity contribution < 1.29 is 14.3 Å². The molecule has 2 aromatic rings. The lowest BCUT2D eigenvalue weighted by Gasteiger charge is -2.38. The van der Waals surface area contributed by atoms with Gasteiger partial charge in [-0.3, -0.25) is 14.3 Å². The Labute approximate surface area is 140 Å². The highest BCUT2D eigenvalue weighted by Gasteiger charge is 2.49. The van der Waals surface area contributed by atoms with Crippen molar-refractivity contribution >= 4 is 17.5 Å². The van der Waals surface area contributed by atoms with Gasteiger partial charge in [-0.15, -0.1) is 0 Å². The molecule has 7 nitrogen and oxygen atoms in total. The summed E-state index contributed by atoms with van der Waals surface area (Å²) >= 11 is 0. The number of likely N-dealkylation sites (N-methyl/N-ethyl adjacent to an activating group) is 1. The largest absolute Gasteiger partial charge is 0.466 e. The van der Waals surface area contributed by atoms with Gasteiger partial charge >= 0.3 is 0 Å². The first-order valence-corrected chi connectivity index (χ1v) is 7.75. The molecule has 0 saturated heterocycles. The number of benzene rings is 1. The number of hydrogen-bond donors (Lipinski definition) is 1. The van der Waals surface area contributed by atoms with Crippen LogP contribution in [0.3, 0.4) is 0 Å². The number of fused-ring (bicyclic) bond motifs is 1. The normalized spacial score (nSPS) is 19.6. The summed E-state index contributed by atoms with van der Waals surface area (Å²) in [6, 6.07) is 7.34. The van der Waals surface area contributed by atoms with Crippen LogP contribution in [0.25, 0.3) is 0 Å². The first-order chi connectivity index (χ1) is 11.4. The van der Waals surface area contributed by atoms with Gasteiger partial charge in [0, 0.05) is 26.0 Å². The Kier molecular flexibility index (Phi) is 4.01. The summed E-state index contributed by atoms with van der Waals surface area (Å²) in [6.45, 7) is 4.32. The van der Waals surface area contributed by atoms with Crippen molar-refractivity contribution in [1.29, 1.82) is 0 Å². The van der Waals surface area contributed by atoms with Gasteiger partial charge in [0.25, 0.3) is 17.4 Å². The van der Waals surface area contributed by atoms with Crippen molar-refractivity contribution in [3.63, 3.8) is 0 Å². The maximum absolute atomic E-state index is 12.7. The van der Waals surface area contributed by atoms with Crippen molar-refractivity contribution in [2.45, 2.75) is 26.0 Å². The Balaban J connectivity index is 1.75. The van der Waals surface area contributed by atoms with E-state index in [0.29, 0.717) is 24.5 Å². The molecule has 2 heterocycles. The molecule has 1 aliphatic heterocycles. The molecule has 7 heteroatoms. The van der Waals surface area contributed by atoms with E-state index in [2.05, 4.69) is 10.4 Å². The molecular weight excluding hydrogens is 308 g/mol. The van der Waals surface area contributed by atoms with Crippen LogP contribution in [0.15, 0.2) is 36.7 Å². The average Bonchev–Trinajstić information content (AvgIpc) is 3.07. The van der Waals surface area contributed by atoms with E-state index >= 15 is 0 Å². The fraction of sp³-hybridized carbons (Fsp3) is 0.353. The van der Waals surface area contributed by atoms with Gasteiger partial charge in [0.05, 0.1) is 12.2 Å². The second-order valence-electron chi connectivity index (χ2n) is 6.00. The van der Waals surface area contributed by atoms with Gasteiger partial charge in [-0.25, -0.2) is 0 Å². The molecule has 0 aliphatic carbocycles. The van der Waals surface area contributed by atoms with E-state index < -0.39 is 17.4 Å². The highest BCUT2D eigenvalue weighted by molar-refractivity contribution is 6.16. The molecule has 2 amide bonds. The van der Waals surface area contributed by atoms with E-state index in [-0.39, 0.29) is 0 Å². The minimum Gasteiger partial charge on any atom is -0.466 e. The van der Waals surface area contributed by atoms with Crippen molar-refractivity contribution in [2.75, 3.05) is 18.5 Å². The van der Waals surface area contributed by atoms with Gasteiger partial charge in [-0.05, 0) is 37.6 Å². The molecule has 0 spiro atoms. The maximum Gasteiger partial charge on any atom is 0.280 e. The SMILES string of the molecule is Cc1ccc2c(c1)N(C)C(=O)C(C)(C(=O)NCCn1cccn1)O2. The number of anilines is 1. The van der Waals surface area contributed by atoms with Gasteiger partial charge < -0.3 is 15.0 Å². The van der Waals surface area contributed by atoms with Crippen LogP contribution < -0.4 is 15.0 Å². The first kappa shape index (κ1) is 16.0. The molecule has 0 radical (unpaired) electrons. The van der Waals surface area contributed by atoms with E-state index in [1.54, 1.807) is 24.0 Å². The molecule has 0 fully saturated rings. The summed E-state index contributed by atoms with van der Waals surface area (Å²) in [5.74, 6) is -0.331. The Morgan fingerprint density at radius 3 is 2.92 bits per heavy atom. The van der Waals surface area contributed by atoms with Crippen molar-refractivity contribution in [2.24, 2.45) is 0 Å². The van der Waals surface area contributed by atoms with Crippen molar-refractivity contribution in [1.82, 2.24) is 15.1 Å². The average molecular weight is 328 g/mol. The van der Waals surface area contributed by atoms with Gasteiger partial charge in [-0.2, -0.15) is 5.10 Å². The van der Waals surface area contributed by atoms with E-state index in [1.807, 2.05) is 31.3 Å². The third-order valence-electron chi connectivity index (χ3n) is 4.12. The predicted molar refractivity (Wildman–Crippen MR) is 88.9 cm³/mol. The van der Waals surface area contributed by atoms with Gasteiger partial charge in [0.15, 0.2) is 0 Å². The van der Waals surface area contributed by atoms with Crippen LogP contribution in [0.1, 0.15) is 12.5 Å². The molecule has 24 heavy (non-hydrogen) atoms. The number of carbonyl (C=O) groups excluding carboxylic acids is 2. The summed E-state index contributed by atoms with van der Waals surface area (Å²) < 4.78 is 7.49. The third kappa shape index (κ3) is 2.73. The van der Waals surface area contributed by atoms with Gasteiger partial charge in [0.1, 0.15) is 5.75 Å². The molecule has 1 atom stereocenters. The number of ether oxygens (including phenoxy) is 1. The summed E-state index contributed by atoms with van der Waals surface area (Å²) in [6.07, 6.45) is 3.48. The predicted octanol–water partition coefficient (Wildman–Crippen LogP) is 1.12. The number of nitrogens with zero attached hydrogens (tertiary/aromatic N) is 3. The van der Waals surface area contributed by atoms with E-state index in [0.717, 1.165) is 5.56 Å². The van der Waals surface area contributed by atoms with Crippen molar-refractivity contribution in [3.05, 3.63) is 42.2 Å². The van der Waals surface area contributed by atoms with Crippen molar-refractivity contribution in [3.8, 4) is 5.75 Å². The van der Waals surface area contributed by atoms with Crippen LogP contribution in [-0.2, 0) is 16.1 Å². The van der Waals surface area contributed by atoms with E-state index in [4.69, 9.17) is 4.74 Å². The topological polar surface area (TPSA) is 76.5 Å². The summed E-state index contributed by atoms with van der Waals surface area (Å²) in [7, 11) is 1.65. The molecule has 0 saturated carbocycles. The monoisotopic (exact) mass is 328 g/mol. The minimum atomic E-state index is -1.58. The second kappa shape index (κ2) is 5.99. The molecule has 1 aromatic heterocycles. The highest BCUT2D eigenvalue weighted by Crippen LogP contribution is 2.37. The molecule has 3 rings (SSSR count). The zero-order valence-electron chi connectivity index (χ0n) is 13.9. The quantitative estimate of drug-likeness (QED) is 0.854. The molecule has 0 bridgehead atoms. The lowest BCUT2D eigenvalue weighted by molar-refractivity contribution is -0.148. The highest BCUT2D eigenvalue weighted by atomic mass is 16.5. The van der Waals surface area contributed by atoms with Crippen LogP contribution in [0, 0.1) is 6.92 Å². The summed E-state index contributed by atoms with van der Waals surface area (Å²) in [4.78, 5) is 26.7. The van der Waals surface area contributed by atoms with Crippen LogP contribution in [0.5, 0.6) is 5.75 Å². The molecular formula is C17H20N4O3. The second-order valence-corrected chi connectivity index (χ2v) is 6.00. The first-order valence-electron chi connectivity index (χ1n) is 7.75. The Morgan fingerprint density at radius 1 is 1.42 bits per heavy atom. The van der Waals surface area contributed by atoms with Gasteiger partial charge in [0.2, 0.25) is 0 Å². The number of hydrogen-bond acceptors (Lipinski definition) is 4. The smallest absolute Gasteiger partial charge is 0.280 e. The lowest BCUT2D eigenvalue weighted by Crippen LogP contribution is -2.61. The van der Waals surface area contributed by atoms with Crippen LogP contribution in [0.2, 0.25) is 0 Å². The van der Waals surface area contributed by atoms with Crippen LogP contribution in [-0.4, -0.2) is 40.8 Å². The van der Waals surface area contributed by atoms with Crippen LogP contribution in [0.4, 0.5) is 5.69 Å². The fourth-order valence-electron chi connectivity index (χ4n) is 2.70. The third-order valence-corrected chi connectivity index (χ3v) is 4.12. The fourth-order valence-corrected chi connectivity index (χ4v) is 2.70. The Hall–Kier alpha value is -2.83. The zero-order valence-corrected chi connectivity index (χ0v) is 13.9. The summed E-state index contributed by atoms with van der Waals surface area (Å²) in [5, 5.41) is 6.82. The standard InChI is InChI=1S/C17H20N4O3/c1-12-5-6-14-13(11-12)20(3)16(23)17(2,24-14)15(22)18-8-10-21-9-4-7-19-21/h4-7,9,11H,8,10H2,1-3H3,(H,18,22). The number of carbonyl (C=O) groups is 2. The van der Waals surface area contributed by atoms with Gasteiger partial charge in [-0.1, -0.05) is 6.07 Å². The van der Waals surface area contributed by atoms with E-state index in [9.17, 15) is 9.59 Å². The maximum atomic E-state index is 12.7. The lowest BCUT2D eigenvalue weighted by atomic mass is 10.00. The number of amides is 2. The van der Waals surface area contributed by atoms with E-state index in [1.165, 1.54) is 11.8 Å². The number of rotatable bonds is 4. The molecule has 126 valence electrons.